The van der Waals surface area contributed by atoms with E-state index >= 15 is 0 Å². The van der Waals surface area contributed by atoms with Crippen LogP contribution in [-0.2, 0) is 17.8 Å². The van der Waals surface area contributed by atoms with Crippen LogP contribution in [0.5, 0.6) is 0 Å². The molecule has 3 aromatic carbocycles. The van der Waals surface area contributed by atoms with Gasteiger partial charge in [-0.3, -0.25) is 15.0 Å². The molecule has 0 saturated carbocycles. The number of amidine groups is 1. The summed E-state index contributed by atoms with van der Waals surface area (Å²) >= 11 is 0. The molecule has 1 atom stereocenters. The zero-order chi connectivity index (χ0) is 25.5. The van der Waals surface area contributed by atoms with Gasteiger partial charge in [-0.25, -0.2) is 0 Å². The smallest absolute Gasteiger partial charge is 0.268 e. The molecule has 0 fully saturated rings. The predicted molar refractivity (Wildman–Crippen MR) is 142 cm³/mol. The number of H-pyrrole nitrogens is 1. The van der Waals surface area contributed by atoms with Crippen molar-refractivity contribution in [3.05, 3.63) is 119 Å². The van der Waals surface area contributed by atoms with Crippen molar-refractivity contribution in [2.75, 3.05) is 0 Å². The summed E-state index contributed by atoms with van der Waals surface area (Å²) in [6.45, 7) is 1.96. The monoisotopic (exact) mass is 479 g/mol. The maximum absolute atomic E-state index is 12.6. The van der Waals surface area contributed by atoms with Crippen molar-refractivity contribution in [3.8, 4) is 11.1 Å². The van der Waals surface area contributed by atoms with Crippen LogP contribution in [0.15, 0.2) is 91.1 Å². The number of nitrogen functional groups attached to an aromatic ring is 1. The largest absolute Gasteiger partial charge is 0.384 e. The number of nitrogens with two attached hydrogens (primary N) is 1. The summed E-state index contributed by atoms with van der Waals surface area (Å²) < 4.78 is 0. The molecule has 0 aliphatic rings. The molecular formula is C29H29N5O2. The number of carbonyl (C=O) groups is 2. The summed E-state index contributed by atoms with van der Waals surface area (Å²) in [5.74, 6) is -0.631. The number of hydrogen-bond donors (Lipinski definition) is 5. The first-order valence-corrected chi connectivity index (χ1v) is 11.7. The van der Waals surface area contributed by atoms with E-state index in [4.69, 9.17) is 11.1 Å². The van der Waals surface area contributed by atoms with Crippen molar-refractivity contribution >= 4 is 17.6 Å². The van der Waals surface area contributed by atoms with Crippen LogP contribution < -0.4 is 16.4 Å². The minimum absolute atomic E-state index is 0.00430. The number of carbonyl (C=O) groups excluding carboxylic acids is 2. The Bertz CT molecular complexity index is 1340. The molecule has 0 aliphatic heterocycles. The number of aromatic amines is 1. The third-order valence-corrected chi connectivity index (χ3v) is 5.93. The highest BCUT2D eigenvalue weighted by Crippen LogP contribution is 2.20. The number of benzene rings is 3. The van der Waals surface area contributed by atoms with Gasteiger partial charge in [0.15, 0.2) is 0 Å². The van der Waals surface area contributed by atoms with Gasteiger partial charge in [0, 0.05) is 18.3 Å². The first kappa shape index (κ1) is 24.5. The van der Waals surface area contributed by atoms with Crippen molar-refractivity contribution in [1.29, 1.82) is 5.41 Å². The van der Waals surface area contributed by atoms with E-state index in [9.17, 15) is 9.59 Å². The Morgan fingerprint density at radius 3 is 2.19 bits per heavy atom. The lowest BCUT2D eigenvalue weighted by atomic mass is 10.0. The van der Waals surface area contributed by atoms with E-state index in [-0.39, 0.29) is 17.6 Å². The lowest BCUT2D eigenvalue weighted by Crippen LogP contribution is -2.44. The summed E-state index contributed by atoms with van der Waals surface area (Å²) in [7, 11) is 0. The molecule has 36 heavy (non-hydrogen) atoms. The average Bonchev–Trinajstić information content (AvgIpc) is 3.37. The van der Waals surface area contributed by atoms with E-state index in [2.05, 4.69) is 52.0 Å². The number of nitrogens with one attached hydrogen (secondary N) is 4. The number of hydrogen-bond acceptors (Lipinski definition) is 3. The molecule has 0 spiro atoms. The quantitative estimate of drug-likeness (QED) is 0.184. The van der Waals surface area contributed by atoms with Gasteiger partial charge in [-0.1, -0.05) is 78.9 Å². The molecule has 7 nitrogen and oxygen atoms in total. The van der Waals surface area contributed by atoms with Crippen LogP contribution >= 0.6 is 0 Å². The van der Waals surface area contributed by atoms with E-state index in [0.29, 0.717) is 24.2 Å². The summed E-state index contributed by atoms with van der Waals surface area (Å²) in [6, 6.07) is 26.8. The van der Waals surface area contributed by atoms with Crippen LogP contribution in [-0.4, -0.2) is 28.7 Å². The zero-order valence-electron chi connectivity index (χ0n) is 20.0. The Labute approximate surface area is 210 Å². The van der Waals surface area contributed by atoms with Crippen molar-refractivity contribution in [2.45, 2.75) is 25.9 Å². The van der Waals surface area contributed by atoms with Gasteiger partial charge < -0.3 is 21.4 Å². The maximum Gasteiger partial charge on any atom is 0.268 e. The molecular weight excluding hydrogens is 450 g/mol. The SMILES string of the molecule is C[C@H](NC(=O)c1cc(Cc2ccc(-c3ccccc3)cc2)c[nH]1)C(=O)NCc1ccc(C(=N)N)cc1. The predicted octanol–water partition coefficient (Wildman–Crippen LogP) is 3.99. The third kappa shape index (κ3) is 6.27. The first-order chi connectivity index (χ1) is 17.4. The molecule has 1 aromatic heterocycles. The Morgan fingerprint density at radius 2 is 1.53 bits per heavy atom. The summed E-state index contributed by atoms with van der Waals surface area (Å²) in [5.41, 5.74) is 11.8. The highest BCUT2D eigenvalue weighted by atomic mass is 16.2. The summed E-state index contributed by atoms with van der Waals surface area (Å²) in [5, 5.41) is 13.0. The molecule has 7 heteroatoms. The van der Waals surface area contributed by atoms with Crippen LogP contribution in [0.1, 0.15) is 39.7 Å². The number of rotatable bonds is 9. The molecule has 4 aromatic rings. The minimum Gasteiger partial charge on any atom is -0.384 e. The van der Waals surface area contributed by atoms with Gasteiger partial charge in [-0.15, -0.1) is 0 Å². The Kier molecular flexibility index (Phi) is 7.60. The van der Waals surface area contributed by atoms with Gasteiger partial charge >= 0.3 is 0 Å². The van der Waals surface area contributed by atoms with Crippen molar-refractivity contribution in [2.24, 2.45) is 5.73 Å². The Hall–Kier alpha value is -4.65. The zero-order valence-corrected chi connectivity index (χ0v) is 20.0. The topological polar surface area (TPSA) is 124 Å². The minimum atomic E-state index is -0.703. The summed E-state index contributed by atoms with van der Waals surface area (Å²) in [4.78, 5) is 28.1. The number of aromatic nitrogens is 1. The Morgan fingerprint density at radius 1 is 0.889 bits per heavy atom. The average molecular weight is 480 g/mol. The number of amides is 2. The molecule has 4 rings (SSSR count). The maximum atomic E-state index is 12.6. The molecule has 0 bridgehead atoms. The van der Waals surface area contributed by atoms with E-state index < -0.39 is 6.04 Å². The normalized spacial score (nSPS) is 11.5. The first-order valence-electron chi connectivity index (χ1n) is 11.7. The highest BCUT2D eigenvalue weighted by Gasteiger charge is 2.17. The van der Waals surface area contributed by atoms with Crippen LogP contribution in [0.25, 0.3) is 11.1 Å². The van der Waals surface area contributed by atoms with Gasteiger partial charge in [0.1, 0.15) is 17.6 Å². The van der Waals surface area contributed by atoms with Gasteiger partial charge in [0.05, 0.1) is 0 Å². The standard InChI is InChI=1S/C29H29N5O2/c1-19(28(35)33-17-21-9-13-25(14-10-21)27(30)31)34-29(36)26-16-22(18-32-26)15-20-7-11-24(12-8-20)23-5-3-2-4-6-23/h2-14,16,18-19,32H,15,17H2,1H3,(H3,30,31)(H,33,35)(H,34,36)/t19-/m0/s1. The highest BCUT2D eigenvalue weighted by molar-refractivity contribution is 5.96. The van der Waals surface area contributed by atoms with Crippen LogP contribution in [0.4, 0.5) is 0 Å². The molecule has 0 aliphatic carbocycles. The van der Waals surface area contributed by atoms with Gasteiger partial charge in [-0.2, -0.15) is 0 Å². The van der Waals surface area contributed by atoms with Crippen LogP contribution in [0, 0.1) is 5.41 Å². The second-order valence-electron chi connectivity index (χ2n) is 8.68. The van der Waals surface area contributed by atoms with E-state index in [1.165, 1.54) is 5.56 Å². The molecule has 0 saturated heterocycles. The van der Waals surface area contributed by atoms with E-state index in [1.807, 2.05) is 30.5 Å². The molecule has 6 N–H and O–H groups in total. The van der Waals surface area contributed by atoms with Crippen LogP contribution in [0.2, 0.25) is 0 Å². The van der Waals surface area contributed by atoms with Crippen molar-refractivity contribution in [3.63, 3.8) is 0 Å². The molecule has 0 unspecified atom stereocenters. The lowest BCUT2D eigenvalue weighted by Gasteiger charge is -2.14. The lowest BCUT2D eigenvalue weighted by molar-refractivity contribution is -0.122. The molecule has 0 radical (unpaired) electrons. The fourth-order valence-corrected chi connectivity index (χ4v) is 3.84. The van der Waals surface area contributed by atoms with Crippen LogP contribution in [0.3, 0.4) is 0 Å². The fraction of sp³-hybridized carbons (Fsp3) is 0.138. The van der Waals surface area contributed by atoms with Gasteiger partial charge in [0.25, 0.3) is 5.91 Å². The van der Waals surface area contributed by atoms with Crippen molar-refractivity contribution in [1.82, 2.24) is 15.6 Å². The van der Waals surface area contributed by atoms with E-state index in [0.717, 1.165) is 22.3 Å². The Balaban J connectivity index is 1.28. The second-order valence-corrected chi connectivity index (χ2v) is 8.68. The second kappa shape index (κ2) is 11.2. The molecule has 182 valence electrons. The molecule has 2 amide bonds. The van der Waals surface area contributed by atoms with E-state index in [1.54, 1.807) is 31.2 Å². The van der Waals surface area contributed by atoms with Gasteiger partial charge in [-0.05, 0) is 47.2 Å². The molecule has 1 heterocycles. The van der Waals surface area contributed by atoms with Gasteiger partial charge in [0.2, 0.25) is 5.91 Å². The summed E-state index contributed by atoms with van der Waals surface area (Å²) in [6.07, 6.45) is 2.51. The fourth-order valence-electron chi connectivity index (χ4n) is 3.84. The third-order valence-electron chi connectivity index (χ3n) is 5.93. The van der Waals surface area contributed by atoms with Crippen molar-refractivity contribution < 1.29 is 9.59 Å².